The Morgan fingerprint density at radius 1 is 1.47 bits per heavy atom. The number of hydrogen-bond donors (Lipinski definition) is 2. The van der Waals surface area contributed by atoms with Crippen LogP contribution in [0.5, 0.6) is 0 Å². The van der Waals surface area contributed by atoms with Crippen molar-refractivity contribution in [1.29, 1.82) is 0 Å². The van der Waals surface area contributed by atoms with Gasteiger partial charge in [0.25, 0.3) is 0 Å². The standard InChI is InChI=1S/C11H13Cl2NO3/c1-14(4-5-15)10(11(16)17)8-3-2-7(12)6-9(8)13/h2-3,6,10,15H,4-5H2,1H3,(H,16,17). The largest absolute Gasteiger partial charge is 0.480 e. The Hall–Kier alpha value is -0.810. The number of likely N-dealkylation sites (N-methyl/N-ethyl adjacent to an activating group) is 1. The quantitative estimate of drug-likeness (QED) is 0.865. The van der Waals surface area contributed by atoms with E-state index in [2.05, 4.69) is 0 Å². The SMILES string of the molecule is CN(CCO)C(C(=O)O)c1ccc(Cl)cc1Cl. The third-order valence-electron chi connectivity index (χ3n) is 2.38. The van der Waals surface area contributed by atoms with Gasteiger partial charge in [0.2, 0.25) is 0 Å². The van der Waals surface area contributed by atoms with Crippen LogP contribution in [0.3, 0.4) is 0 Å². The van der Waals surface area contributed by atoms with E-state index in [-0.39, 0.29) is 13.2 Å². The van der Waals surface area contributed by atoms with Gasteiger partial charge in [-0.15, -0.1) is 0 Å². The molecule has 1 aromatic carbocycles. The number of benzene rings is 1. The van der Waals surface area contributed by atoms with Crippen LogP contribution in [-0.4, -0.2) is 41.3 Å². The summed E-state index contributed by atoms with van der Waals surface area (Å²) >= 11 is 11.7. The lowest BCUT2D eigenvalue weighted by Gasteiger charge is -2.24. The first-order valence-corrected chi connectivity index (χ1v) is 5.71. The molecule has 1 aromatic rings. The molecule has 0 spiro atoms. The average molecular weight is 278 g/mol. The van der Waals surface area contributed by atoms with E-state index in [1.165, 1.54) is 11.0 Å². The van der Waals surface area contributed by atoms with Gasteiger partial charge in [-0.2, -0.15) is 0 Å². The molecule has 0 amide bonds. The lowest BCUT2D eigenvalue weighted by atomic mass is 10.1. The Morgan fingerprint density at radius 2 is 2.12 bits per heavy atom. The predicted molar refractivity (Wildman–Crippen MR) is 66.6 cm³/mol. The van der Waals surface area contributed by atoms with Crippen molar-refractivity contribution >= 4 is 29.2 Å². The minimum atomic E-state index is -1.02. The fourth-order valence-electron chi connectivity index (χ4n) is 1.57. The molecule has 0 heterocycles. The zero-order valence-corrected chi connectivity index (χ0v) is 10.7. The van der Waals surface area contributed by atoms with E-state index in [0.717, 1.165) is 0 Å². The zero-order chi connectivity index (χ0) is 13.0. The minimum absolute atomic E-state index is 0.120. The van der Waals surface area contributed by atoms with Crippen molar-refractivity contribution in [3.8, 4) is 0 Å². The van der Waals surface area contributed by atoms with Crippen molar-refractivity contribution in [3.63, 3.8) is 0 Å². The summed E-state index contributed by atoms with van der Waals surface area (Å²) < 4.78 is 0. The zero-order valence-electron chi connectivity index (χ0n) is 9.23. The highest BCUT2D eigenvalue weighted by molar-refractivity contribution is 6.35. The molecule has 0 bridgehead atoms. The van der Waals surface area contributed by atoms with Gasteiger partial charge in [0, 0.05) is 16.6 Å². The van der Waals surface area contributed by atoms with Crippen LogP contribution in [0.2, 0.25) is 10.0 Å². The van der Waals surface area contributed by atoms with Gasteiger partial charge < -0.3 is 10.2 Å². The lowest BCUT2D eigenvalue weighted by Crippen LogP contribution is -2.33. The topological polar surface area (TPSA) is 60.8 Å². The first-order valence-electron chi connectivity index (χ1n) is 4.96. The maximum absolute atomic E-state index is 11.2. The summed E-state index contributed by atoms with van der Waals surface area (Å²) in [7, 11) is 1.61. The highest BCUT2D eigenvalue weighted by atomic mass is 35.5. The molecule has 2 N–H and O–H groups in total. The van der Waals surface area contributed by atoms with Gasteiger partial charge in [-0.25, -0.2) is 0 Å². The van der Waals surface area contributed by atoms with Gasteiger partial charge in [-0.05, 0) is 24.7 Å². The van der Waals surface area contributed by atoms with Crippen LogP contribution >= 0.6 is 23.2 Å². The number of halogens is 2. The van der Waals surface area contributed by atoms with Crippen molar-refractivity contribution in [2.24, 2.45) is 0 Å². The number of aliphatic hydroxyl groups is 1. The third kappa shape index (κ3) is 3.57. The Morgan fingerprint density at radius 3 is 2.59 bits per heavy atom. The van der Waals surface area contributed by atoms with Crippen LogP contribution in [0.1, 0.15) is 11.6 Å². The molecule has 0 aliphatic rings. The van der Waals surface area contributed by atoms with Crippen LogP contribution in [0, 0.1) is 0 Å². The molecule has 1 rings (SSSR count). The molecule has 4 nitrogen and oxygen atoms in total. The number of nitrogens with zero attached hydrogens (tertiary/aromatic N) is 1. The normalized spacial score (nSPS) is 12.8. The molecule has 0 radical (unpaired) electrons. The number of rotatable bonds is 5. The first kappa shape index (κ1) is 14.3. The Balaban J connectivity index is 3.09. The van der Waals surface area contributed by atoms with Gasteiger partial charge in [0.15, 0.2) is 0 Å². The van der Waals surface area contributed by atoms with Crippen LogP contribution in [0.25, 0.3) is 0 Å². The fraction of sp³-hybridized carbons (Fsp3) is 0.364. The van der Waals surface area contributed by atoms with E-state index in [9.17, 15) is 9.90 Å². The molecule has 0 saturated carbocycles. The van der Waals surface area contributed by atoms with Gasteiger partial charge in [-0.1, -0.05) is 29.3 Å². The van der Waals surface area contributed by atoms with E-state index in [0.29, 0.717) is 15.6 Å². The highest BCUT2D eigenvalue weighted by Crippen LogP contribution is 2.29. The molecule has 0 aliphatic carbocycles. The molecule has 17 heavy (non-hydrogen) atoms. The van der Waals surface area contributed by atoms with E-state index in [4.69, 9.17) is 28.3 Å². The average Bonchev–Trinajstić information content (AvgIpc) is 2.21. The maximum Gasteiger partial charge on any atom is 0.325 e. The van der Waals surface area contributed by atoms with Gasteiger partial charge >= 0.3 is 5.97 Å². The molecule has 6 heteroatoms. The molecule has 1 unspecified atom stereocenters. The summed E-state index contributed by atoms with van der Waals surface area (Å²) in [5, 5.41) is 18.8. The van der Waals surface area contributed by atoms with Gasteiger partial charge in [0.05, 0.1) is 6.61 Å². The number of aliphatic hydroxyl groups excluding tert-OH is 1. The molecule has 0 aliphatic heterocycles. The van der Waals surface area contributed by atoms with E-state index < -0.39 is 12.0 Å². The molecular weight excluding hydrogens is 265 g/mol. The summed E-state index contributed by atoms with van der Waals surface area (Å²) in [4.78, 5) is 12.7. The summed E-state index contributed by atoms with van der Waals surface area (Å²) in [5.74, 6) is -1.02. The molecule has 0 aromatic heterocycles. The number of carboxylic acid groups (broad SMARTS) is 1. The monoisotopic (exact) mass is 277 g/mol. The smallest absolute Gasteiger partial charge is 0.325 e. The van der Waals surface area contributed by atoms with Crippen molar-refractivity contribution < 1.29 is 15.0 Å². The Bertz CT molecular complexity index is 412. The molecule has 0 saturated heterocycles. The maximum atomic E-state index is 11.2. The second-order valence-electron chi connectivity index (χ2n) is 3.61. The lowest BCUT2D eigenvalue weighted by molar-refractivity contribution is -0.143. The summed E-state index contributed by atoms with van der Waals surface area (Å²) in [5.41, 5.74) is 0.458. The van der Waals surface area contributed by atoms with Gasteiger partial charge in [-0.3, -0.25) is 9.69 Å². The molecule has 94 valence electrons. The minimum Gasteiger partial charge on any atom is -0.480 e. The second-order valence-corrected chi connectivity index (χ2v) is 4.45. The van der Waals surface area contributed by atoms with E-state index in [1.54, 1.807) is 19.2 Å². The summed E-state index contributed by atoms with van der Waals surface area (Å²) in [6, 6.07) is 3.77. The summed E-state index contributed by atoms with van der Waals surface area (Å²) in [6.45, 7) is 0.126. The number of carbonyl (C=O) groups is 1. The number of hydrogen-bond acceptors (Lipinski definition) is 3. The van der Waals surface area contributed by atoms with Crippen molar-refractivity contribution in [2.75, 3.05) is 20.2 Å². The van der Waals surface area contributed by atoms with Crippen molar-refractivity contribution in [2.45, 2.75) is 6.04 Å². The molecule has 0 fully saturated rings. The third-order valence-corrected chi connectivity index (χ3v) is 2.95. The van der Waals surface area contributed by atoms with Crippen LogP contribution < -0.4 is 0 Å². The fourth-order valence-corrected chi connectivity index (χ4v) is 2.08. The second kappa shape index (κ2) is 6.21. The van der Waals surface area contributed by atoms with Crippen molar-refractivity contribution in [3.05, 3.63) is 33.8 Å². The Kier molecular flexibility index (Phi) is 5.21. The van der Waals surface area contributed by atoms with Crippen LogP contribution in [0.15, 0.2) is 18.2 Å². The number of carboxylic acids is 1. The van der Waals surface area contributed by atoms with E-state index >= 15 is 0 Å². The first-order chi connectivity index (χ1) is 7.97. The van der Waals surface area contributed by atoms with Crippen molar-refractivity contribution in [1.82, 2.24) is 4.90 Å². The van der Waals surface area contributed by atoms with Gasteiger partial charge in [0.1, 0.15) is 6.04 Å². The Labute approximate surface area is 109 Å². The predicted octanol–water partition coefficient (Wildman–Crippen LogP) is 2.04. The molecular formula is C11H13Cl2NO3. The number of aliphatic carboxylic acids is 1. The van der Waals surface area contributed by atoms with Crippen LogP contribution in [0.4, 0.5) is 0 Å². The van der Waals surface area contributed by atoms with Crippen LogP contribution in [-0.2, 0) is 4.79 Å². The molecule has 1 atom stereocenters. The van der Waals surface area contributed by atoms with E-state index in [1.807, 2.05) is 0 Å². The summed E-state index contributed by atoms with van der Waals surface area (Å²) in [6.07, 6.45) is 0. The highest BCUT2D eigenvalue weighted by Gasteiger charge is 2.26.